The molecule has 0 radical (unpaired) electrons. The van der Waals surface area contributed by atoms with Crippen LogP contribution in [0, 0.1) is 6.92 Å². The topological polar surface area (TPSA) is 92.6 Å². The molecule has 1 aliphatic heterocycles. The van der Waals surface area contributed by atoms with E-state index < -0.39 is 5.97 Å². The van der Waals surface area contributed by atoms with Crippen molar-refractivity contribution in [2.45, 2.75) is 37.8 Å². The van der Waals surface area contributed by atoms with E-state index in [9.17, 15) is 9.90 Å². The van der Waals surface area contributed by atoms with Crippen LogP contribution < -0.4 is 4.90 Å². The minimum atomic E-state index is -1.07. The van der Waals surface area contributed by atoms with Crippen molar-refractivity contribution in [3.63, 3.8) is 0 Å². The lowest BCUT2D eigenvalue weighted by molar-refractivity contribution is -0.131. The number of hydrogen-bond acceptors (Lipinski definition) is 7. The maximum Gasteiger partial charge on any atom is 0.342 e. The van der Waals surface area contributed by atoms with E-state index in [0.717, 1.165) is 43.6 Å². The molecule has 0 aromatic carbocycles. The van der Waals surface area contributed by atoms with Crippen molar-refractivity contribution in [2.24, 2.45) is 0 Å². The van der Waals surface area contributed by atoms with E-state index in [1.54, 1.807) is 13.0 Å². The van der Waals surface area contributed by atoms with Gasteiger partial charge in [0.15, 0.2) is 5.88 Å². The van der Waals surface area contributed by atoms with Gasteiger partial charge in [-0.05, 0) is 30.7 Å². The van der Waals surface area contributed by atoms with Gasteiger partial charge >= 0.3 is 5.97 Å². The third-order valence-electron chi connectivity index (χ3n) is 3.72. The predicted molar refractivity (Wildman–Crippen MR) is 89.9 cm³/mol. The molecular formula is C16H19N3O4S. The van der Waals surface area contributed by atoms with E-state index in [2.05, 4.69) is 15.1 Å². The van der Waals surface area contributed by atoms with Crippen molar-refractivity contribution in [1.82, 2.24) is 10.2 Å². The van der Waals surface area contributed by atoms with Crippen LogP contribution in [0.2, 0.25) is 0 Å². The Morgan fingerprint density at radius 1 is 1.21 bits per heavy atom. The van der Waals surface area contributed by atoms with Gasteiger partial charge in [0.1, 0.15) is 10.7 Å². The Hall–Kier alpha value is -2.22. The predicted octanol–water partition coefficient (Wildman–Crippen LogP) is 3.57. The van der Waals surface area contributed by atoms with Crippen molar-refractivity contribution in [3.8, 4) is 0 Å². The molecule has 0 aliphatic carbocycles. The van der Waals surface area contributed by atoms with Crippen LogP contribution in [0.4, 0.5) is 5.88 Å². The number of nitrogens with zero attached hydrogens (tertiary/aromatic N) is 3. The Kier molecular flexibility index (Phi) is 5.24. The van der Waals surface area contributed by atoms with Crippen LogP contribution in [0.15, 0.2) is 31.1 Å². The third kappa shape index (κ3) is 4.19. The van der Waals surface area contributed by atoms with E-state index in [1.807, 2.05) is 6.07 Å². The zero-order chi connectivity index (χ0) is 16.9. The van der Waals surface area contributed by atoms with Gasteiger partial charge < -0.3 is 18.8 Å². The van der Waals surface area contributed by atoms with Gasteiger partial charge in [0.2, 0.25) is 5.89 Å². The molecule has 2 aromatic heterocycles. The zero-order valence-electron chi connectivity index (χ0n) is 13.4. The minimum absolute atomic E-state index is 0.0652. The lowest BCUT2D eigenvalue weighted by Crippen LogP contribution is -2.23. The minimum Gasteiger partial charge on any atom is -0.477 e. The van der Waals surface area contributed by atoms with Crippen molar-refractivity contribution >= 4 is 29.7 Å². The van der Waals surface area contributed by atoms with E-state index in [-0.39, 0.29) is 10.1 Å². The number of carboxylic acid groups (broad SMARTS) is 1. The van der Waals surface area contributed by atoms with Crippen LogP contribution in [0.1, 0.15) is 37.3 Å². The Labute approximate surface area is 143 Å². The zero-order valence-corrected chi connectivity index (χ0v) is 14.2. The molecule has 3 rings (SSSR count). The molecule has 0 amide bonds. The highest BCUT2D eigenvalue weighted by molar-refractivity contribution is 8.03. The molecule has 0 saturated carbocycles. The number of aryl methyl sites for hydroxylation is 1. The number of thioether (sulfide) groups is 1. The SMILES string of the molecule is Cc1nnc(S/C(=C/c2ccc(N3CCCCCC3)o2)C(=O)O)o1. The van der Waals surface area contributed by atoms with Gasteiger partial charge in [0.05, 0.1) is 0 Å². The van der Waals surface area contributed by atoms with E-state index in [1.165, 1.54) is 18.9 Å². The van der Waals surface area contributed by atoms with Gasteiger partial charge in [0.25, 0.3) is 5.22 Å². The molecule has 0 spiro atoms. The van der Waals surface area contributed by atoms with Crippen LogP contribution >= 0.6 is 11.8 Å². The third-order valence-corrected chi connectivity index (χ3v) is 4.57. The lowest BCUT2D eigenvalue weighted by atomic mass is 10.2. The Morgan fingerprint density at radius 2 is 1.96 bits per heavy atom. The van der Waals surface area contributed by atoms with E-state index >= 15 is 0 Å². The molecule has 0 atom stereocenters. The lowest BCUT2D eigenvalue weighted by Gasteiger charge is -2.18. The van der Waals surface area contributed by atoms with Gasteiger partial charge in [-0.2, -0.15) is 0 Å². The van der Waals surface area contributed by atoms with E-state index in [4.69, 9.17) is 8.83 Å². The summed E-state index contributed by atoms with van der Waals surface area (Å²) in [5.41, 5.74) is 0. The van der Waals surface area contributed by atoms with Crippen molar-refractivity contribution < 1.29 is 18.7 Å². The fraction of sp³-hybridized carbons (Fsp3) is 0.438. The summed E-state index contributed by atoms with van der Waals surface area (Å²) in [7, 11) is 0. The monoisotopic (exact) mass is 349 g/mol. The van der Waals surface area contributed by atoms with Crippen molar-refractivity contribution in [3.05, 3.63) is 28.7 Å². The summed E-state index contributed by atoms with van der Waals surface area (Å²) in [6, 6.07) is 3.67. The first kappa shape index (κ1) is 16.6. The standard InChI is InChI=1S/C16H19N3O4S/c1-11-17-18-16(22-11)24-13(15(20)21)10-12-6-7-14(23-12)19-8-4-2-3-5-9-19/h6-7,10H,2-5,8-9H2,1H3,(H,20,21)/b13-10+. The van der Waals surface area contributed by atoms with Gasteiger partial charge in [-0.15, -0.1) is 10.2 Å². The first-order valence-corrected chi connectivity index (χ1v) is 8.71. The molecule has 2 aromatic rings. The smallest absolute Gasteiger partial charge is 0.342 e. The van der Waals surface area contributed by atoms with E-state index in [0.29, 0.717) is 11.7 Å². The van der Waals surface area contributed by atoms with Crippen molar-refractivity contribution in [2.75, 3.05) is 18.0 Å². The number of rotatable bonds is 5. The normalized spacial score (nSPS) is 16.2. The molecule has 1 fully saturated rings. The van der Waals surface area contributed by atoms with Crippen LogP contribution in [0.5, 0.6) is 0 Å². The highest BCUT2D eigenvalue weighted by atomic mass is 32.2. The molecule has 7 nitrogen and oxygen atoms in total. The largest absolute Gasteiger partial charge is 0.477 e. The average Bonchev–Trinajstić information content (AvgIpc) is 3.08. The molecule has 1 N–H and O–H groups in total. The number of carboxylic acids is 1. The molecule has 3 heterocycles. The highest BCUT2D eigenvalue weighted by Crippen LogP contribution is 2.29. The second kappa shape index (κ2) is 7.57. The Morgan fingerprint density at radius 3 is 2.58 bits per heavy atom. The summed E-state index contributed by atoms with van der Waals surface area (Å²) < 4.78 is 11.0. The first-order valence-electron chi connectivity index (χ1n) is 7.89. The van der Waals surface area contributed by atoms with Gasteiger partial charge in [-0.25, -0.2) is 4.79 Å². The molecular weight excluding hydrogens is 330 g/mol. The summed E-state index contributed by atoms with van der Waals surface area (Å²) in [5.74, 6) is 0.606. The molecule has 0 bridgehead atoms. The molecule has 8 heteroatoms. The fourth-order valence-electron chi connectivity index (χ4n) is 2.56. The highest BCUT2D eigenvalue weighted by Gasteiger charge is 2.17. The number of furan rings is 1. The summed E-state index contributed by atoms with van der Waals surface area (Å²) >= 11 is 0.908. The van der Waals surface area contributed by atoms with Gasteiger partial charge in [0, 0.05) is 32.2 Å². The number of aromatic nitrogens is 2. The summed E-state index contributed by atoms with van der Waals surface area (Å²) in [5, 5.41) is 17.1. The number of carbonyl (C=O) groups is 1. The second-order valence-electron chi connectivity index (χ2n) is 5.58. The number of anilines is 1. The summed E-state index contributed by atoms with van der Waals surface area (Å²) in [4.78, 5) is 13.7. The van der Waals surface area contributed by atoms with Crippen LogP contribution in [0.25, 0.3) is 6.08 Å². The van der Waals surface area contributed by atoms with Crippen LogP contribution in [-0.4, -0.2) is 34.4 Å². The maximum atomic E-state index is 11.4. The molecule has 24 heavy (non-hydrogen) atoms. The quantitative estimate of drug-likeness (QED) is 0.647. The molecule has 128 valence electrons. The molecule has 1 saturated heterocycles. The average molecular weight is 349 g/mol. The Balaban J connectivity index is 1.76. The summed E-state index contributed by atoms with van der Waals surface area (Å²) in [6.45, 7) is 3.60. The Bertz CT molecular complexity index is 729. The van der Waals surface area contributed by atoms with Crippen LogP contribution in [-0.2, 0) is 4.79 Å². The molecule has 1 aliphatic rings. The number of aliphatic carboxylic acids is 1. The first-order chi connectivity index (χ1) is 11.6. The maximum absolute atomic E-state index is 11.4. The fourth-order valence-corrected chi connectivity index (χ4v) is 3.25. The molecule has 0 unspecified atom stereocenters. The number of hydrogen-bond donors (Lipinski definition) is 1. The van der Waals surface area contributed by atoms with Gasteiger partial charge in [-0.3, -0.25) is 0 Å². The van der Waals surface area contributed by atoms with Crippen molar-refractivity contribution in [1.29, 1.82) is 0 Å². The second-order valence-corrected chi connectivity index (χ2v) is 6.57. The van der Waals surface area contributed by atoms with Gasteiger partial charge in [-0.1, -0.05) is 12.8 Å². The summed E-state index contributed by atoms with van der Waals surface area (Å²) in [6.07, 6.45) is 6.27. The van der Waals surface area contributed by atoms with Crippen LogP contribution in [0.3, 0.4) is 0 Å².